The molecule has 8 nitrogen and oxygen atoms in total. The van der Waals surface area contributed by atoms with Gasteiger partial charge in [-0.3, -0.25) is 14.9 Å². The van der Waals surface area contributed by atoms with Gasteiger partial charge in [0.2, 0.25) is 11.8 Å². The second kappa shape index (κ2) is 8.00. The van der Waals surface area contributed by atoms with Crippen LogP contribution >= 0.6 is 11.8 Å². The van der Waals surface area contributed by atoms with E-state index in [9.17, 15) is 14.9 Å². The number of aryl methyl sites for hydroxylation is 2. The molecule has 0 saturated heterocycles. The van der Waals surface area contributed by atoms with Crippen LogP contribution < -0.4 is 5.32 Å². The first-order valence-electron chi connectivity index (χ1n) is 8.01. The quantitative estimate of drug-likeness (QED) is 0.388. The van der Waals surface area contributed by atoms with Gasteiger partial charge < -0.3 is 9.73 Å². The fraction of sp³-hybridized carbons (Fsp3) is 0.167. The minimum Gasteiger partial charge on any atom is -0.411 e. The van der Waals surface area contributed by atoms with Crippen molar-refractivity contribution in [3.63, 3.8) is 0 Å². The average Bonchev–Trinajstić information content (AvgIpc) is 3.11. The first-order valence-corrected chi connectivity index (χ1v) is 9.00. The highest BCUT2D eigenvalue weighted by molar-refractivity contribution is 7.99. The molecule has 0 aliphatic carbocycles. The number of amides is 1. The molecule has 0 saturated carbocycles. The third kappa shape index (κ3) is 4.50. The molecular weight excluding hydrogens is 368 g/mol. The van der Waals surface area contributed by atoms with Crippen LogP contribution in [0.25, 0.3) is 11.5 Å². The molecule has 1 heterocycles. The molecule has 1 aromatic heterocycles. The van der Waals surface area contributed by atoms with Gasteiger partial charge >= 0.3 is 0 Å². The van der Waals surface area contributed by atoms with E-state index >= 15 is 0 Å². The van der Waals surface area contributed by atoms with Crippen LogP contribution in [0.15, 0.2) is 52.1 Å². The number of nitrogens with zero attached hydrogens (tertiary/aromatic N) is 3. The second-order valence-corrected chi connectivity index (χ2v) is 6.71. The molecule has 0 unspecified atom stereocenters. The fourth-order valence-electron chi connectivity index (χ4n) is 2.36. The number of anilines is 1. The van der Waals surface area contributed by atoms with Crippen molar-refractivity contribution in [3.8, 4) is 11.5 Å². The number of thioether (sulfide) groups is 1. The van der Waals surface area contributed by atoms with Crippen LogP contribution in [0.5, 0.6) is 0 Å². The van der Waals surface area contributed by atoms with Crippen LogP contribution in [-0.2, 0) is 4.79 Å². The Morgan fingerprint density at radius 1 is 1.19 bits per heavy atom. The Hall–Kier alpha value is -3.20. The topological polar surface area (TPSA) is 111 Å². The molecule has 3 aromatic rings. The summed E-state index contributed by atoms with van der Waals surface area (Å²) in [5.41, 5.74) is 2.91. The Morgan fingerprint density at radius 2 is 1.96 bits per heavy atom. The molecule has 9 heteroatoms. The number of nitrogens with one attached hydrogen (secondary N) is 1. The minimum absolute atomic E-state index is 0.0392. The van der Waals surface area contributed by atoms with Gasteiger partial charge in [0.1, 0.15) is 0 Å². The van der Waals surface area contributed by atoms with Crippen molar-refractivity contribution in [1.29, 1.82) is 0 Å². The molecule has 1 N–H and O–H groups in total. The third-order valence-corrected chi connectivity index (χ3v) is 4.63. The Balaban J connectivity index is 1.63. The van der Waals surface area contributed by atoms with Gasteiger partial charge in [-0.2, -0.15) is 0 Å². The van der Waals surface area contributed by atoms with E-state index in [1.807, 2.05) is 31.2 Å². The molecule has 0 bridgehead atoms. The number of benzene rings is 2. The minimum atomic E-state index is -0.505. The highest BCUT2D eigenvalue weighted by atomic mass is 32.2. The highest BCUT2D eigenvalue weighted by Gasteiger charge is 2.14. The molecule has 0 aliphatic heterocycles. The van der Waals surface area contributed by atoms with Crippen LogP contribution in [0.3, 0.4) is 0 Å². The molecule has 27 heavy (non-hydrogen) atoms. The summed E-state index contributed by atoms with van der Waals surface area (Å²) in [7, 11) is 0. The predicted octanol–water partition coefficient (Wildman–Crippen LogP) is 3.99. The molecule has 0 aliphatic rings. The van der Waals surface area contributed by atoms with Crippen molar-refractivity contribution < 1.29 is 14.1 Å². The number of nitro benzene ring substituents is 1. The fourth-order valence-corrected chi connectivity index (χ4v) is 2.92. The third-order valence-electron chi connectivity index (χ3n) is 3.81. The van der Waals surface area contributed by atoms with Gasteiger partial charge in [-0.1, -0.05) is 36.0 Å². The number of carbonyl (C=O) groups is 1. The monoisotopic (exact) mass is 384 g/mol. The molecular formula is C18H16N4O4S. The standard InChI is InChI=1S/C18H16N4O4S/c1-11-5-3-4-6-14(11)17-20-21-18(26-17)27-10-16(23)19-15-9-13(22(24)25)8-7-12(15)2/h3-9H,10H2,1-2H3,(H,19,23). The number of non-ortho nitro benzene ring substituents is 1. The van der Waals surface area contributed by atoms with Gasteiger partial charge in [0.05, 0.1) is 16.4 Å². The maximum Gasteiger partial charge on any atom is 0.277 e. The summed E-state index contributed by atoms with van der Waals surface area (Å²) < 4.78 is 5.60. The van der Waals surface area contributed by atoms with Gasteiger partial charge in [0.25, 0.3) is 10.9 Å². The van der Waals surface area contributed by atoms with E-state index in [0.29, 0.717) is 11.6 Å². The zero-order valence-electron chi connectivity index (χ0n) is 14.6. The summed E-state index contributed by atoms with van der Waals surface area (Å²) in [4.78, 5) is 22.5. The van der Waals surface area contributed by atoms with Crippen LogP contribution in [0, 0.1) is 24.0 Å². The van der Waals surface area contributed by atoms with E-state index < -0.39 is 4.92 Å². The Kier molecular flexibility index (Phi) is 5.51. The number of nitro groups is 1. The molecule has 0 radical (unpaired) electrons. The summed E-state index contributed by atoms with van der Waals surface area (Å²) >= 11 is 1.10. The van der Waals surface area contributed by atoms with Crippen LogP contribution in [0.2, 0.25) is 0 Å². The van der Waals surface area contributed by atoms with Crippen LogP contribution in [-0.4, -0.2) is 26.8 Å². The van der Waals surface area contributed by atoms with Crippen molar-refractivity contribution in [2.75, 3.05) is 11.1 Å². The maximum absolute atomic E-state index is 12.2. The van der Waals surface area contributed by atoms with Gasteiger partial charge in [0, 0.05) is 17.7 Å². The zero-order chi connectivity index (χ0) is 19.4. The molecule has 3 rings (SSSR count). The van der Waals surface area contributed by atoms with E-state index in [1.165, 1.54) is 12.1 Å². The molecule has 0 atom stereocenters. The van der Waals surface area contributed by atoms with Gasteiger partial charge in [-0.15, -0.1) is 10.2 Å². The smallest absolute Gasteiger partial charge is 0.277 e. The Bertz CT molecular complexity index is 1000. The summed E-state index contributed by atoms with van der Waals surface area (Å²) in [5, 5.41) is 21.8. The molecule has 1 amide bonds. The van der Waals surface area contributed by atoms with Crippen molar-refractivity contribution in [1.82, 2.24) is 10.2 Å². The van der Waals surface area contributed by atoms with Gasteiger partial charge in [-0.05, 0) is 31.0 Å². The number of rotatable bonds is 6. The Labute approximate surface area is 159 Å². The van der Waals surface area contributed by atoms with Gasteiger partial charge in [-0.25, -0.2) is 0 Å². The van der Waals surface area contributed by atoms with Gasteiger partial charge in [0.15, 0.2) is 0 Å². The lowest BCUT2D eigenvalue weighted by molar-refractivity contribution is -0.384. The summed E-state index contributed by atoms with van der Waals surface area (Å²) in [6.45, 7) is 3.71. The van der Waals surface area contributed by atoms with Crippen molar-refractivity contribution in [2.24, 2.45) is 0 Å². The average molecular weight is 384 g/mol. The maximum atomic E-state index is 12.2. The summed E-state index contributed by atoms with van der Waals surface area (Å²) in [5.74, 6) is 0.113. The summed E-state index contributed by atoms with van der Waals surface area (Å²) in [6.07, 6.45) is 0. The molecule has 0 spiro atoms. The first-order chi connectivity index (χ1) is 12.9. The van der Waals surface area contributed by atoms with E-state index in [4.69, 9.17) is 4.42 Å². The van der Waals surface area contributed by atoms with Crippen LogP contribution in [0.4, 0.5) is 11.4 Å². The highest BCUT2D eigenvalue weighted by Crippen LogP contribution is 2.26. The van der Waals surface area contributed by atoms with Crippen molar-refractivity contribution in [3.05, 3.63) is 63.7 Å². The number of aromatic nitrogens is 2. The number of hydrogen-bond donors (Lipinski definition) is 1. The lowest BCUT2D eigenvalue weighted by Gasteiger charge is -2.07. The normalized spacial score (nSPS) is 10.6. The SMILES string of the molecule is Cc1ccc([N+](=O)[O-])cc1NC(=O)CSc1nnc(-c2ccccc2C)o1. The Morgan fingerprint density at radius 3 is 2.70 bits per heavy atom. The predicted molar refractivity (Wildman–Crippen MR) is 102 cm³/mol. The molecule has 138 valence electrons. The van der Waals surface area contributed by atoms with Crippen LogP contribution in [0.1, 0.15) is 11.1 Å². The number of hydrogen-bond acceptors (Lipinski definition) is 7. The van der Waals surface area contributed by atoms with Crippen molar-refractivity contribution >= 4 is 29.0 Å². The number of carbonyl (C=O) groups excluding carboxylic acids is 1. The van der Waals surface area contributed by atoms with E-state index in [1.54, 1.807) is 13.0 Å². The first kappa shape index (κ1) is 18.6. The molecule has 2 aromatic carbocycles. The van der Waals surface area contributed by atoms with E-state index in [-0.39, 0.29) is 22.6 Å². The van der Waals surface area contributed by atoms with E-state index in [2.05, 4.69) is 15.5 Å². The second-order valence-electron chi connectivity index (χ2n) is 5.78. The van der Waals surface area contributed by atoms with Crippen molar-refractivity contribution in [2.45, 2.75) is 19.1 Å². The lowest BCUT2D eigenvalue weighted by Crippen LogP contribution is -2.15. The molecule has 0 fully saturated rings. The summed E-state index contributed by atoms with van der Waals surface area (Å²) in [6, 6.07) is 12.0. The zero-order valence-corrected chi connectivity index (χ0v) is 15.4. The largest absolute Gasteiger partial charge is 0.411 e. The van der Waals surface area contributed by atoms with E-state index in [0.717, 1.165) is 28.5 Å². The lowest BCUT2D eigenvalue weighted by atomic mass is 10.1.